The molecule has 10 aromatic carbocycles. The van der Waals surface area contributed by atoms with E-state index >= 15 is 0 Å². The Morgan fingerprint density at radius 3 is 0.633 bits per heavy atom. The van der Waals surface area contributed by atoms with E-state index in [-0.39, 0.29) is 0 Å². The average Bonchev–Trinajstić information content (AvgIpc) is 1.45. The predicted octanol–water partition coefficient (Wildman–Crippen LogP) is 18.8. The second-order valence-corrected chi connectivity index (χ2v) is 29.1. The van der Waals surface area contributed by atoms with Crippen LogP contribution < -0.4 is 0 Å². The van der Waals surface area contributed by atoms with Crippen molar-refractivity contribution in [2.45, 2.75) is 39.0 Å². The molecule has 0 radical (unpaired) electrons. The van der Waals surface area contributed by atoms with Crippen molar-refractivity contribution in [3.63, 3.8) is 0 Å². The van der Waals surface area contributed by atoms with Crippen LogP contribution in [-0.2, 0) is 67.9 Å². The fourth-order valence-corrected chi connectivity index (χ4v) is 10.9. The van der Waals surface area contributed by atoms with E-state index in [9.17, 15) is 20.4 Å². The molecule has 0 saturated carbocycles. The number of phenolic OH excluding ortho intramolecular Hbond substituents is 4. The summed E-state index contributed by atoms with van der Waals surface area (Å²) in [5.41, 5.74) is 13.7. The molecule has 0 atom stereocenters. The van der Waals surface area contributed by atoms with Crippen molar-refractivity contribution in [2.24, 2.45) is 0 Å². The standard InChI is InChI=1S/2C31H32N2O2.2C7H7.4ClH.2Zr/c2*34-30-26(14-7-16-28(30)24-10-3-1-4-11-24)22-32-18-9-19-33(21-20-32)23-27-15-8-17-29(31(27)35)25-12-5-2-6-13-25;2*1-7-5-3-2-4-6-7;;;;;;/h2*1-8,10-17,34-35H,9,18-23H2;2*2-6H,1H2;4*1H;;/q;;2*-1;;;;;2*+4/p-4. The van der Waals surface area contributed by atoms with Gasteiger partial charge in [0, 0.05) is 96.9 Å². The first-order valence-electron chi connectivity index (χ1n) is 30.0. The Morgan fingerprint density at radius 2 is 0.456 bits per heavy atom. The molecule has 0 bridgehead atoms. The van der Waals surface area contributed by atoms with Crippen molar-refractivity contribution in [1.29, 1.82) is 0 Å². The van der Waals surface area contributed by atoms with Gasteiger partial charge in [0.2, 0.25) is 0 Å². The average molecular weight is 1440 g/mol. The molecular formula is C76H78Cl4N4O4Zr2+2. The third-order valence-electron chi connectivity index (χ3n) is 15.4. The SMILES string of the molecule is Oc1c(CN2CCCN(Cc3cccc(-c4ccccc4)c3O)CC2)cccc1-c1ccccc1.Oc1c(CN2CCCN(Cc3cccc(-c4ccccc4)c3O)CC2)cccc1-c1ccccc1.[CH2-]c1ccccc1.[CH2-]c1ccccc1.[Cl][Zr+2][Cl].[Cl][Zr+2][Cl]. The summed E-state index contributed by atoms with van der Waals surface area (Å²) in [4.78, 5) is 9.68. The molecule has 12 rings (SSSR count). The Hall–Kier alpha value is -6.09. The Labute approximate surface area is 571 Å². The van der Waals surface area contributed by atoms with Crippen LogP contribution in [0.25, 0.3) is 44.5 Å². The molecule has 10 aromatic rings. The minimum absolute atomic E-state index is 0.377. The first kappa shape index (κ1) is 71.3. The maximum absolute atomic E-state index is 11.0. The fraction of sp³-hybridized carbons (Fsp3) is 0.184. The van der Waals surface area contributed by atoms with Crippen LogP contribution in [0.1, 0.15) is 46.2 Å². The number of hydrogen-bond acceptors (Lipinski definition) is 8. The van der Waals surface area contributed by atoms with E-state index < -0.39 is 41.7 Å². The molecule has 460 valence electrons. The molecule has 8 nitrogen and oxygen atoms in total. The molecule has 90 heavy (non-hydrogen) atoms. The van der Waals surface area contributed by atoms with Crippen LogP contribution in [0.4, 0.5) is 0 Å². The van der Waals surface area contributed by atoms with Gasteiger partial charge in [0.15, 0.2) is 0 Å². The second kappa shape index (κ2) is 40.0. The van der Waals surface area contributed by atoms with Gasteiger partial charge in [-0.15, -0.1) is 24.3 Å². The molecule has 0 aliphatic carbocycles. The number of para-hydroxylation sites is 4. The molecule has 2 heterocycles. The Kier molecular flexibility index (Phi) is 31.7. The number of nitrogens with zero attached hydrogens (tertiary/aromatic N) is 4. The van der Waals surface area contributed by atoms with E-state index in [2.05, 4.69) is 33.4 Å². The zero-order valence-electron chi connectivity index (χ0n) is 50.7. The van der Waals surface area contributed by atoms with Gasteiger partial charge in [-0.1, -0.05) is 206 Å². The van der Waals surface area contributed by atoms with Crippen molar-refractivity contribution in [3.05, 3.63) is 302 Å². The monoisotopic (exact) mass is 1430 g/mol. The Balaban J connectivity index is 0.000000196. The Bertz CT molecular complexity index is 3190. The topological polar surface area (TPSA) is 93.9 Å². The van der Waals surface area contributed by atoms with Gasteiger partial charge < -0.3 is 20.4 Å². The summed E-state index contributed by atoms with van der Waals surface area (Å²) >= 11 is -1.65. The number of halogens is 4. The van der Waals surface area contributed by atoms with Gasteiger partial charge in [-0.2, -0.15) is 49.2 Å². The van der Waals surface area contributed by atoms with Crippen LogP contribution in [0.15, 0.2) is 255 Å². The third kappa shape index (κ3) is 23.2. The van der Waals surface area contributed by atoms with Crippen molar-refractivity contribution in [3.8, 4) is 67.5 Å². The Morgan fingerprint density at radius 1 is 0.267 bits per heavy atom. The molecular weight excluding hydrogens is 1360 g/mol. The molecule has 2 aliphatic heterocycles. The number of aromatic hydroxyl groups is 4. The third-order valence-corrected chi connectivity index (χ3v) is 15.4. The number of hydrogen-bond donors (Lipinski definition) is 4. The van der Waals surface area contributed by atoms with E-state index in [0.29, 0.717) is 23.0 Å². The van der Waals surface area contributed by atoms with Gasteiger partial charge in [0.05, 0.1) is 0 Å². The van der Waals surface area contributed by atoms with Crippen LogP contribution >= 0.6 is 34.1 Å². The first-order chi connectivity index (χ1) is 44.0. The summed E-state index contributed by atoms with van der Waals surface area (Å²) in [5, 5.41) is 43.9. The zero-order chi connectivity index (χ0) is 63.7. The molecule has 14 heteroatoms. The second-order valence-electron chi connectivity index (χ2n) is 21.6. The summed E-state index contributed by atoms with van der Waals surface area (Å²) in [6, 6.07) is 84.1. The van der Waals surface area contributed by atoms with Gasteiger partial charge >= 0.3 is 75.7 Å². The zero-order valence-corrected chi connectivity index (χ0v) is 58.6. The fourth-order valence-electron chi connectivity index (χ4n) is 10.9. The van der Waals surface area contributed by atoms with Gasteiger partial charge in [-0.05, 0) is 61.3 Å². The van der Waals surface area contributed by atoms with Crippen LogP contribution in [-0.4, -0.2) is 92.4 Å². The molecule has 4 N–H and O–H groups in total. The summed E-state index contributed by atoms with van der Waals surface area (Å²) < 4.78 is 0. The predicted molar refractivity (Wildman–Crippen MR) is 370 cm³/mol. The van der Waals surface area contributed by atoms with E-state index in [1.165, 1.54) is 0 Å². The summed E-state index contributed by atoms with van der Waals surface area (Å²) in [6.45, 7) is 18.0. The summed E-state index contributed by atoms with van der Waals surface area (Å²) in [5.74, 6) is 1.51. The molecule has 2 fully saturated rings. The molecule has 0 amide bonds. The van der Waals surface area contributed by atoms with Crippen LogP contribution in [0.3, 0.4) is 0 Å². The number of rotatable bonds is 12. The van der Waals surface area contributed by atoms with Crippen LogP contribution in [0.2, 0.25) is 0 Å². The molecule has 2 aliphatic rings. The van der Waals surface area contributed by atoms with E-state index in [1.807, 2.05) is 255 Å². The molecule has 0 unspecified atom stereocenters. The summed E-state index contributed by atoms with van der Waals surface area (Å²) in [6.07, 6.45) is 2.11. The normalized spacial score (nSPS) is 13.3. The van der Waals surface area contributed by atoms with Crippen molar-refractivity contribution < 1.29 is 62.1 Å². The van der Waals surface area contributed by atoms with Gasteiger partial charge in [0.25, 0.3) is 0 Å². The van der Waals surface area contributed by atoms with Crippen molar-refractivity contribution >= 4 is 34.1 Å². The molecule has 0 spiro atoms. The van der Waals surface area contributed by atoms with Crippen molar-refractivity contribution in [1.82, 2.24) is 19.6 Å². The maximum atomic E-state index is 11.0. The van der Waals surface area contributed by atoms with E-state index in [4.69, 9.17) is 34.1 Å². The van der Waals surface area contributed by atoms with E-state index in [1.54, 1.807) is 0 Å². The van der Waals surface area contributed by atoms with Gasteiger partial charge in [-0.25, -0.2) is 0 Å². The van der Waals surface area contributed by atoms with E-state index in [0.717, 1.165) is 169 Å². The van der Waals surface area contributed by atoms with Crippen molar-refractivity contribution in [2.75, 3.05) is 52.4 Å². The number of phenols is 4. The minimum atomic E-state index is -0.826. The quantitative estimate of drug-likeness (QED) is 0.0899. The first-order valence-corrected chi connectivity index (χ1v) is 42.7. The van der Waals surface area contributed by atoms with Crippen LogP contribution in [0, 0.1) is 13.8 Å². The molecule has 0 aromatic heterocycles. The van der Waals surface area contributed by atoms with Crippen LogP contribution in [0.5, 0.6) is 23.0 Å². The molecule has 2 saturated heterocycles. The van der Waals surface area contributed by atoms with Gasteiger partial charge in [-0.3, -0.25) is 19.6 Å². The number of benzene rings is 10. The summed E-state index contributed by atoms with van der Waals surface area (Å²) in [7, 11) is 19.7. The van der Waals surface area contributed by atoms with Gasteiger partial charge in [0.1, 0.15) is 23.0 Å².